The number of phenolic OH excluding ortho intramolecular Hbond substituents is 1. The Labute approximate surface area is 194 Å². The number of amides is 2. The Morgan fingerprint density at radius 1 is 1.18 bits per heavy atom. The maximum Gasteiger partial charge on any atom is 0.292 e. The summed E-state index contributed by atoms with van der Waals surface area (Å²) in [6.07, 6.45) is -0.969. The number of nitriles is 1. The van der Waals surface area contributed by atoms with Crippen molar-refractivity contribution in [1.29, 1.82) is 5.26 Å². The lowest BCUT2D eigenvalue weighted by atomic mass is 10.0. The first-order chi connectivity index (χ1) is 16.2. The Hall–Kier alpha value is -4.79. The first kappa shape index (κ1) is 25.5. The molecular weight excluding hydrogens is 446 g/mol. The zero-order valence-electron chi connectivity index (χ0n) is 18.1. The van der Waals surface area contributed by atoms with Gasteiger partial charge >= 0.3 is 0 Å². The number of hydrogen-bond donors (Lipinski definition) is 3. The molecule has 0 bridgehead atoms. The molecule has 0 radical (unpaired) electrons. The van der Waals surface area contributed by atoms with Gasteiger partial charge in [-0.15, -0.1) is 0 Å². The summed E-state index contributed by atoms with van der Waals surface area (Å²) in [5.74, 6) is -1.74. The monoisotopic (exact) mass is 467 g/mol. The summed E-state index contributed by atoms with van der Waals surface area (Å²) in [5.41, 5.74) is 2.25. The van der Waals surface area contributed by atoms with Crippen LogP contribution in [-0.2, 0) is 9.59 Å². The van der Waals surface area contributed by atoms with E-state index in [4.69, 9.17) is 10.00 Å². The number of ketones is 1. The van der Waals surface area contributed by atoms with E-state index in [2.05, 4.69) is 15.8 Å². The number of nitro benzene ring substituents is 1. The van der Waals surface area contributed by atoms with Crippen LogP contribution < -0.4 is 15.5 Å². The Morgan fingerprint density at radius 2 is 1.91 bits per heavy atom. The Kier molecular flexibility index (Phi) is 9.21. The molecule has 0 saturated heterocycles. The number of methoxy groups -OCH3 is 1. The number of Topliss-reactive ketones (excluding diaryl/α,β-unsaturated/α-hetero) is 1. The van der Waals surface area contributed by atoms with Gasteiger partial charge in [0.2, 0.25) is 5.91 Å². The second kappa shape index (κ2) is 12.3. The standard InChI is InChI=1S/C22H21N5O7/c1-34-20-12-14(6-8-18(20)28)19(29)13-15(25-26-22(31)10-11-23)7-9-21(30)24-16-4-2-3-5-17(16)27(32)33/h2-6,8,12,28H,7,9-10,13H2,1H3,(H,24,30)(H,26,31)/b25-15-. The molecule has 2 aromatic rings. The molecule has 0 unspecified atom stereocenters. The van der Waals surface area contributed by atoms with Crippen LogP contribution in [0.4, 0.5) is 11.4 Å². The number of rotatable bonds is 11. The Bertz CT molecular complexity index is 1170. The molecule has 0 atom stereocenters. The van der Waals surface area contributed by atoms with Crippen molar-refractivity contribution in [3.05, 3.63) is 58.1 Å². The predicted octanol–water partition coefficient (Wildman–Crippen LogP) is 2.69. The molecule has 2 aromatic carbocycles. The van der Waals surface area contributed by atoms with Gasteiger partial charge in [0, 0.05) is 23.8 Å². The van der Waals surface area contributed by atoms with Gasteiger partial charge in [-0.1, -0.05) is 12.1 Å². The number of nitrogens with one attached hydrogen (secondary N) is 2. The molecule has 2 rings (SSSR count). The fourth-order valence-electron chi connectivity index (χ4n) is 2.78. The highest BCUT2D eigenvalue weighted by atomic mass is 16.6. The number of carbonyl (C=O) groups excluding carboxylic acids is 3. The average Bonchev–Trinajstić information content (AvgIpc) is 2.81. The molecule has 12 heteroatoms. The number of aromatic hydroxyl groups is 1. The normalized spacial score (nSPS) is 10.6. The molecule has 34 heavy (non-hydrogen) atoms. The number of nitro groups is 1. The van der Waals surface area contributed by atoms with Gasteiger partial charge in [0.1, 0.15) is 12.1 Å². The Balaban J connectivity index is 2.13. The van der Waals surface area contributed by atoms with Crippen molar-refractivity contribution < 1.29 is 29.2 Å². The van der Waals surface area contributed by atoms with Gasteiger partial charge in [-0.25, -0.2) is 5.43 Å². The van der Waals surface area contributed by atoms with Gasteiger partial charge in [-0.05, 0) is 30.7 Å². The summed E-state index contributed by atoms with van der Waals surface area (Å²) in [6, 6.07) is 11.3. The van der Waals surface area contributed by atoms with Gasteiger partial charge < -0.3 is 15.2 Å². The van der Waals surface area contributed by atoms with Crippen LogP contribution >= 0.6 is 0 Å². The number of anilines is 1. The van der Waals surface area contributed by atoms with E-state index in [1.807, 2.05) is 0 Å². The topological polar surface area (TPSA) is 184 Å². The van der Waals surface area contributed by atoms with Crippen LogP contribution in [0.15, 0.2) is 47.6 Å². The number of nitrogens with zero attached hydrogens (tertiary/aromatic N) is 3. The maximum atomic E-state index is 12.7. The molecule has 0 saturated carbocycles. The van der Waals surface area contributed by atoms with Crippen LogP contribution in [0.25, 0.3) is 0 Å². The maximum absolute atomic E-state index is 12.7. The van der Waals surface area contributed by atoms with E-state index >= 15 is 0 Å². The van der Waals surface area contributed by atoms with Crippen molar-refractivity contribution in [1.82, 2.24) is 5.43 Å². The van der Waals surface area contributed by atoms with Gasteiger partial charge in [0.25, 0.3) is 11.6 Å². The third-order valence-corrected chi connectivity index (χ3v) is 4.46. The predicted molar refractivity (Wildman–Crippen MR) is 120 cm³/mol. The molecule has 2 amide bonds. The number of hydrogen-bond acceptors (Lipinski definition) is 9. The lowest BCUT2D eigenvalue weighted by molar-refractivity contribution is -0.383. The molecule has 0 spiro atoms. The highest BCUT2D eigenvalue weighted by Gasteiger charge is 2.17. The molecule has 176 valence electrons. The number of hydrazone groups is 1. The minimum atomic E-state index is -0.692. The van der Waals surface area contributed by atoms with Gasteiger partial charge in [0.15, 0.2) is 17.3 Å². The molecular formula is C22H21N5O7. The molecule has 0 heterocycles. The summed E-state index contributed by atoms with van der Waals surface area (Å²) in [5, 5.41) is 35.7. The van der Waals surface area contributed by atoms with Gasteiger partial charge in [-0.2, -0.15) is 10.4 Å². The number of benzene rings is 2. The Morgan fingerprint density at radius 3 is 2.59 bits per heavy atom. The van der Waals surface area contributed by atoms with Crippen molar-refractivity contribution in [2.45, 2.75) is 25.7 Å². The first-order valence-electron chi connectivity index (χ1n) is 9.89. The summed E-state index contributed by atoms with van der Waals surface area (Å²) in [4.78, 5) is 47.1. The van der Waals surface area contributed by atoms with Crippen LogP contribution in [-0.4, -0.2) is 40.4 Å². The molecule has 0 aromatic heterocycles. The van der Waals surface area contributed by atoms with Crippen LogP contribution in [0.1, 0.15) is 36.0 Å². The van der Waals surface area contributed by atoms with E-state index in [0.29, 0.717) is 0 Å². The summed E-state index contributed by atoms with van der Waals surface area (Å²) in [6.45, 7) is 0. The zero-order valence-corrected chi connectivity index (χ0v) is 18.1. The quantitative estimate of drug-likeness (QED) is 0.195. The van der Waals surface area contributed by atoms with E-state index in [-0.39, 0.29) is 53.4 Å². The number of para-hydroxylation sites is 2. The van der Waals surface area contributed by atoms with Crippen molar-refractivity contribution in [3.63, 3.8) is 0 Å². The lowest BCUT2D eigenvalue weighted by Gasteiger charge is -2.09. The number of phenols is 1. The average molecular weight is 467 g/mol. The summed E-state index contributed by atoms with van der Waals surface area (Å²) in [7, 11) is 1.33. The van der Waals surface area contributed by atoms with Crippen LogP contribution in [0, 0.1) is 21.4 Å². The SMILES string of the molecule is COc1cc(C(=O)C/C(CCC(=O)Nc2ccccc2[N+](=O)[O-])=N\NC(=O)CC#N)ccc1O. The van der Waals surface area contributed by atoms with Crippen molar-refractivity contribution in [2.24, 2.45) is 5.10 Å². The second-order valence-corrected chi connectivity index (χ2v) is 6.86. The van der Waals surface area contributed by atoms with Crippen molar-refractivity contribution in [2.75, 3.05) is 12.4 Å². The molecule has 12 nitrogen and oxygen atoms in total. The van der Waals surface area contributed by atoms with Crippen LogP contribution in [0.2, 0.25) is 0 Å². The molecule has 0 aliphatic rings. The molecule has 0 fully saturated rings. The molecule has 0 aliphatic heterocycles. The second-order valence-electron chi connectivity index (χ2n) is 6.86. The van der Waals surface area contributed by atoms with E-state index < -0.39 is 28.9 Å². The van der Waals surface area contributed by atoms with Crippen LogP contribution in [0.5, 0.6) is 11.5 Å². The van der Waals surface area contributed by atoms with Gasteiger partial charge in [0.05, 0.1) is 24.5 Å². The fourth-order valence-corrected chi connectivity index (χ4v) is 2.78. The number of carbonyl (C=O) groups is 3. The minimum absolute atomic E-state index is 0.0191. The zero-order chi connectivity index (χ0) is 25.1. The highest BCUT2D eigenvalue weighted by Crippen LogP contribution is 2.27. The van der Waals surface area contributed by atoms with E-state index in [1.165, 1.54) is 49.6 Å². The third kappa shape index (κ3) is 7.41. The van der Waals surface area contributed by atoms with Crippen molar-refractivity contribution >= 4 is 34.7 Å². The third-order valence-electron chi connectivity index (χ3n) is 4.46. The van der Waals surface area contributed by atoms with Gasteiger partial charge in [-0.3, -0.25) is 24.5 Å². The minimum Gasteiger partial charge on any atom is -0.504 e. The molecule has 3 N–H and O–H groups in total. The smallest absolute Gasteiger partial charge is 0.292 e. The van der Waals surface area contributed by atoms with Crippen molar-refractivity contribution in [3.8, 4) is 17.6 Å². The number of ether oxygens (including phenoxy) is 1. The highest BCUT2D eigenvalue weighted by molar-refractivity contribution is 6.11. The van der Waals surface area contributed by atoms with Crippen LogP contribution in [0.3, 0.4) is 0 Å². The van der Waals surface area contributed by atoms with E-state index in [9.17, 15) is 29.6 Å². The van der Waals surface area contributed by atoms with E-state index in [0.717, 1.165) is 0 Å². The fraction of sp³-hybridized carbons (Fsp3) is 0.227. The summed E-state index contributed by atoms with van der Waals surface area (Å²) >= 11 is 0. The largest absolute Gasteiger partial charge is 0.504 e. The molecule has 0 aliphatic carbocycles. The lowest BCUT2D eigenvalue weighted by Crippen LogP contribution is -2.21. The summed E-state index contributed by atoms with van der Waals surface area (Å²) < 4.78 is 4.99. The van der Waals surface area contributed by atoms with E-state index in [1.54, 1.807) is 6.07 Å². The first-order valence-corrected chi connectivity index (χ1v) is 9.89.